The summed E-state index contributed by atoms with van der Waals surface area (Å²) < 4.78 is 0. The van der Waals surface area contributed by atoms with E-state index in [1.54, 1.807) is 0 Å². The summed E-state index contributed by atoms with van der Waals surface area (Å²) >= 11 is 0. The Labute approximate surface area is 62.2 Å². The zero-order valence-electron chi connectivity index (χ0n) is 6.92. The van der Waals surface area contributed by atoms with E-state index in [0.29, 0.717) is 11.8 Å². The summed E-state index contributed by atoms with van der Waals surface area (Å²) in [6, 6.07) is 0.448. The molecule has 0 spiro atoms. The molecule has 2 heteroatoms. The van der Waals surface area contributed by atoms with Crippen LogP contribution in [0.3, 0.4) is 0 Å². The van der Waals surface area contributed by atoms with E-state index in [2.05, 4.69) is 18.9 Å². The van der Waals surface area contributed by atoms with Crippen molar-refractivity contribution in [1.82, 2.24) is 4.90 Å². The van der Waals surface area contributed by atoms with Gasteiger partial charge in [0.2, 0.25) is 0 Å². The Morgan fingerprint density at radius 1 is 1.50 bits per heavy atom. The van der Waals surface area contributed by atoms with Crippen molar-refractivity contribution in [1.29, 1.82) is 0 Å². The summed E-state index contributed by atoms with van der Waals surface area (Å²) in [5.41, 5.74) is 0. The summed E-state index contributed by atoms with van der Waals surface area (Å²) in [6.07, 6.45) is 0.734. The van der Waals surface area contributed by atoms with Crippen LogP contribution in [0.15, 0.2) is 0 Å². The Bertz CT molecular complexity index is 144. The summed E-state index contributed by atoms with van der Waals surface area (Å²) in [6.45, 7) is 5.04. The van der Waals surface area contributed by atoms with E-state index in [1.807, 2.05) is 6.92 Å². The molecular formula is C8H15NO. The van der Waals surface area contributed by atoms with Crippen molar-refractivity contribution in [3.8, 4) is 0 Å². The number of piperidine rings is 1. The van der Waals surface area contributed by atoms with Gasteiger partial charge >= 0.3 is 0 Å². The summed E-state index contributed by atoms with van der Waals surface area (Å²) in [5.74, 6) is 0.673. The molecule has 1 rings (SSSR count). The standard InChI is InChI=1S/C8H15NO/c1-6-5-9(3)7(2)4-8(6)10/h6-7H,4-5H2,1-3H3/t6-,7-/m0/s1. The summed E-state index contributed by atoms with van der Waals surface area (Å²) in [5, 5.41) is 0. The quantitative estimate of drug-likeness (QED) is 0.500. The van der Waals surface area contributed by atoms with Gasteiger partial charge in [-0.1, -0.05) is 6.92 Å². The number of Topliss-reactive ketones (excluding diaryl/α,β-unsaturated/α-hetero) is 1. The zero-order valence-corrected chi connectivity index (χ0v) is 6.92. The van der Waals surface area contributed by atoms with Gasteiger partial charge in [-0.15, -0.1) is 0 Å². The Morgan fingerprint density at radius 2 is 2.10 bits per heavy atom. The number of likely N-dealkylation sites (tertiary alicyclic amines) is 1. The molecule has 2 atom stereocenters. The van der Waals surface area contributed by atoms with Crippen molar-refractivity contribution in [2.45, 2.75) is 26.3 Å². The largest absolute Gasteiger partial charge is 0.303 e. The molecule has 58 valence electrons. The van der Waals surface area contributed by atoms with Crippen LogP contribution in [0.25, 0.3) is 0 Å². The predicted octanol–water partition coefficient (Wildman–Crippen LogP) is 0.916. The molecule has 1 aliphatic rings. The first kappa shape index (κ1) is 7.73. The number of nitrogens with zero attached hydrogens (tertiary/aromatic N) is 1. The van der Waals surface area contributed by atoms with E-state index in [4.69, 9.17) is 0 Å². The third kappa shape index (κ3) is 1.37. The van der Waals surface area contributed by atoms with Crippen LogP contribution >= 0.6 is 0 Å². The third-order valence-corrected chi connectivity index (χ3v) is 2.36. The van der Waals surface area contributed by atoms with Gasteiger partial charge in [-0.25, -0.2) is 0 Å². The molecule has 0 amide bonds. The molecule has 0 aromatic rings. The lowest BCUT2D eigenvalue weighted by atomic mass is 9.94. The Hall–Kier alpha value is -0.370. The topological polar surface area (TPSA) is 20.3 Å². The maximum absolute atomic E-state index is 11.1. The highest BCUT2D eigenvalue weighted by molar-refractivity contribution is 5.82. The number of carbonyl (C=O) groups excluding carboxylic acids is 1. The van der Waals surface area contributed by atoms with Crippen molar-refractivity contribution < 1.29 is 4.79 Å². The number of hydrogen-bond donors (Lipinski definition) is 0. The molecule has 1 fully saturated rings. The molecule has 0 aromatic carbocycles. The van der Waals surface area contributed by atoms with E-state index in [9.17, 15) is 4.79 Å². The minimum absolute atomic E-state index is 0.251. The van der Waals surface area contributed by atoms with Crippen molar-refractivity contribution in [3.63, 3.8) is 0 Å². The van der Waals surface area contributed by atoms with Gasteiger partial charge in [0.05, 0.1) is 0 Å². The smallest absolute Gasteiger partial charge is 0.138 e. The fourth-order valence-corrected chi connectivity index (χ4v) is 1.36. The van der Waals surface area contributed by atoms with E-state index in [1.165, 1.54) is 0 Å². The van der Waals surface area contributed by atoms with Crippen molar-refractivity contribution >= 4 is 5.78 Å². The lowest BCUT2D eigenvalue weighted by Gasteiger charge is -2.32. The average Bonchev–Trinajstić information content (AvgIpc) is 1.84. The molecule has 0 unspecified atom stereocenters. The maximum Gasteiger partial charge on any atom is 0.138 e. The van der Waals surface area contributed by atoms with E-state index in [0.717, 1.165) is 13.0 Å². The Balaban J connectivity index is 2.54. The first-order valence-electron chi connectivity index (χ1n) is 3.84. The molecule has 1 heterocycles. The highest BCUT2D eigenvalue weighted by Crippen LogP contribution is 2.15. The number of hydrogen-bond acceptors (Lipinski definition) is 2. The molecule has 0 N–H and O–H groups in total. The first-order chi connectivity index (χ1) is 4.61. The van der Waals surface area contributed by atoms with Gasteiger partial charge in [0.15, 0.2) is 0 Å². The van der Waals surface area contributed by atoms with Crippen LogP contribution in [0.1, 0.15) is 20.3 Å². The SMILES string of the molecule is C[C@H]1CN(C)[C@@H](C)CC1=O. The molecule has 10 heavy (non-hydrogen) atoms. The van der Waals surface area contributed by atoms with Gasteiger partial charge < -0.3 is 4.90 Å². The monoisotopic (exact) mass is 141 g/mol. The molecule has 0 saturated carbocycles. The van der Waals surface area contributed by atoms with Crippen LogP contribution in [0.2, 0.25) is 0 Å². The van der Waals surface area contributed by atoms with Gasteiger partial charge in [-0.3, -0.25) is 4.79 Å². The van der Waals surface area contributed by atoms with Crippen molar-refractivity contribution in [2.75, 3.05) is 13.6 Å². The van der Waals surface area contributed by atoms with Gasteiger partial charge in [0, 0.05) is 24.9 Å². The highest BCUT2D eigenvalue weighted by atomic mass is 16.1. The summed E-state index contributed by atoms with van der Waals surface area (Å²) in [4.78, 5) is 13.4. The van der Waals surface area contributed by atoms with E-state index in [-0.39, 0.29) is 5.92 Å². The Morgan fingerprint density at radius 3 is 2.60 bits per heavy atom. The fraction of sp³-hybridized carbons (Fsp3) is 0.875. The van der Waals surface area contributed by atoms with Gasteiger partial charge in [0.1, 0.15) is 5.78 Å². The highest BCUT2D eigenvalue weighted by Gasteiger charge is 2.25. The van der Waals surface area contributed by atoms with Crippen LogP contribution < -0.4 is 0 Å². The lowest BCUT2D eigenvalue weighted by Crippen LogP contribution is -2.42. The molecule has 0 aliphatic carbocycles. The van der Waals surface area contributed by atoms with Gasteiger partial charge in [-0.05, 0) is 14.0 Å². The normalized spacial score (nSPS) is 36.5. The average molecular weight is 141 g/mol. The van der Waals surface area contributed by atoms with Crippen LogP contribution in [-0.2, 0) is 4.79 Å². The second-order valence-electron chi connectivity index (χ2n) is 3.36. The summed E-state index contributed by atoms with van der Waals surface area (Å²) in [7, 11) is 2.08. The van der Waals surface area contributed by atoms with Crippen molar-refractivity contribution in [3.05, 3.63) is 0 Å². The van der Waals surface area contributed by atoms with Crippen LogP contribution in [0.4, 0.5) is 0 Å². The molecular weight excluding hydrogens is 126 g/mol. The number of rotatable bonds is 0. The van der Waals surface area contributed by atoms with Gasteiger partial charge in [-0.2, -0.15) is 0 Å². The minimum atomic E-state index is 0.251. The molecule has 2 nitrogen and oxygen atoms in total. The zero-order chi connectivity index (χ0) is 7.72. The fourth-order valence-electron chi connectivity index (χ4n) is 1.36. The second-order valence-corrected chi connectivity index (χ2v) is 3.36. The first-order valence-corrected chi connectivity index (χ1v) is 3.84. The number of carbonyl (C=O) groups is 1. The molecule has 1 aliphatic heterocycles. The minimum Gasteiger partial charge on any atom is -0.303 e. The molecule has 1 saturated heterocycles. The van der Waals surface area contributed by atoms with Crippen LogP contribution in [0.5, 0.6) is 0 Å². The predicted molar refractivity (Wildman–Crippen MR) is 40.9 cm³/mol. The molecule has 0 bridgehead atoms. The van der Waals surface area contributed by atoms with E-state index >= 15 is 0 Å². The second kappa shape index (κ2) is 2.70. The van der Waals surface area contributed by atoms with Crippen LogP contribution in [-0.4, -0.2) is 30.3 Å². The van der Waals surface area contributed by atoms with Crippen LogP contribution in [0, 0.1) is 5.92 Å². The lowest BCUT2D eigenvalue weighted by molar-refractivity contribution is -0.126. The molecule has 0 aromatic heterocycles. The van der Waals surface area contributed by atoms with Gasteiger partial charge in [0.25, 0.3) is 0 Å². The third-order valence-electron chi connectivity index (χ3n) is 2.36. The Kier molecular flexibility index (Phi) is 2.09. The maximum atomic E-state index is 11.1. The van der Waals surface area contributed by atoms with E-state index < -0.39 is 0 Å². The van der Waals surface area contributed by atoms with Crippen molar-refractivity contribution in [2.24, 2.45) is 5.92 Å². The molecule has 0 radical (unpaired) electrons. The number of ketones is 1.